The summed E-state index contributed by atoms with van der Waals surface area (Å²) in [7, 11) is 1.28. The number of rotatable bonds is 5. The molecule has 0 aliphatic carbocycles. The third kappa shape index (κ3) is 4.32. The molecule has 0 spiro atoms. The Morgan fingerprint density at radius 1 is 1.30 bits per heavy atom. The molecule has 1 atom stereocenters. The number of ether oxygens (including phenoxy) is 1. The second kappa shape index (κ2) is 8.45. The fourth-order valence-electron chi connectivity index (χ4n) is 2.90. The van der Waals surface area contributed by atoms with E-state index >= 15 is 0 Å². The van der Waals surface area contributed by atoms with Gasteiger partial charge in [-0.25, -0.2) is 4.79 Å². The van der Waals surface area contributed by atoms with Gasteiger partial charge in [0.05, 0.1) is 19.3 Å². The van der Waals surface area contributed by atoms with Crippen molar-refractivity contribution in [1.29, 1.82) is 0 Å². The number of nitrogens with one attached hydrogen (secondary N) is 3. The Balaban J connectivity index is 1.59. The van der Waals surface area contributed by atoms with Crippen LogP contribution in [-0.4, -0.2) is 72.2 Å². The fraction of sp³-hybridized carbons (Fsp3) is 0.333. The zero-order chi connectivity index (χ0) is 19.2. The van der Waals surface area contributed by atoms with E-state index in [9.17, 15) is 14.4 Å². The van der Waals surface area contributed by atoms with Gasteiger partial charge in [-0.2, -0.15) is 5.10 Å². The first-order valence-electron chi connectivity index (χ1n) is 8.57. The smallest absolute Gasteiger partial charge is 0.329 e. The molecule has 9 heteroatoms. The highest BCUT2D eigenvalue weighted by atomic mass is 16.5. The second-order valence-corrected chi connectivity index (χ2v) is 6.05. The molecule has 0 bridgehead atoms. The quantitative estimate of drug-likeness (QED) is 0.626. The fourth-order valence-corrected chi connectivity index (χ4v) is 2.90. The van der Waals surface area contributed by atoms with Crippen LogP contribution < -0.4 is 10.6 Å². The molecule has 2 amide bonds. The first-order chi connectivity index (χ1) is 13.1. The molecule has 0 radical (unpaired) electrons. The number of hydrogen-bond donors (Lipinski definition) is 3. The lowest BCUT2D eigenvalue weighted by Gasteiger charge is -2.34. The SMILES string of the molecule is COC(=O)C1CNCCN1C(=O)CNC(=O)c1cc(-c2ccccc2)n[nH]1. The minimum atomic E-state index is -0.690. The van der Waals surface area contributed by atoms with Gasteiger partial charge in [-0.3, -0.25) is 14.7 Å². The van der Waals surface area contributed by atoms with Crippen LogP contribution >= 0.6 is 0 Å². The predicted octanol–water partition coefficient (Wildman–Crippen LogP) is -0.220. The number of benzene rings is 1. The standard InChI is InChI=1S/C18H21N5O4/c1-27-18(26)15-10-19-7-8-23(15)16(24)11-20-17(25)14-9-13(21-22-14)12-5-3-2-4-6-12/h2-6,9,15,19H,7-8,10-11H2,1H3,(H,20,25)(H,21,22). The van der Waals surface area contributed by atoms with Gasteiger partial charge in [0.2, 0.25) is 5.91 Å². The minimum absolute atomic E-state index is 0.216. The van der Waals surface area contributed by atoms with E-state index < -0.39 is 17.9 Å². The molecule has 1 saturated heterocycles. The Morgan fingerprint density at radius 3 is 2.81 bits per heavy atom. The first-order valence-corrected chi connectivity index (χ1v) is 8.57. The maximum absolute atomic E-state index is 12.4. The van der Waals surface area contributed by atoms with Gasteiger partial charge in [0, 0.05) is 25.2 Å². The van der Waals surface area contributed by atoms with E-state index in [1.54, 1.807) is 6.07 Å². The Labute approximate surface area is 156 Å². The highest BCUT2D eigenvalue weighted by Crippen LogP contribution is 2.16. The van der Waals surface area contributed by atoms with Gasteiger partial charge in [0.25, 0.3) is 5.91 Å². The van der Waals surface area contributed by atoms with E-state index in [0.717, 1.165) is 5.56 Å². The average molecular weight is 371 g/mol. The maximum atomic E-state index is 12.4. The van der Waals surface area contributed by atoms with Crippen LogP contribution in [0, 0.1) is 0 Å². The third-order valence-corrected chi connectivity index (χ3v) is 4.33. The van der Waals surface area contributed by atoms with Gasteiger partial charge in [0.1, 0.15) is 11.7 Å². The maximum Gasteiger partial charge on any atom is 0.329 e. The number of methoxy groups -OCH3 is 1. The van der Waals surface area contributed by atoms with Gasteiger partial charge in [-0.15, -0.1) is 0 Å². The van der Waals surface area contributed by atoms with Gasteiger partial charge in [-0.1, -0.05) is 30.3 Å². The summed E-state index contributed by atoms with van der Waals surface area (Å²) in [5.74, 6) is -1.27. The topological polar surface area (TPSA) is 116 Å². The van der Waals surface area contributed by atoms with E-state index in [0.29, 0.717) is 25.3 Å². The van der Waals surface area contributed by atoms with Crippen LogP contribution in [0.3, 0.4) is 0 Å². The Hall–Kier alpha value is -3.20. The molecule has 3 N–H and O–H groups in total. The second-order valence-electron chi connectivity index (χ2n) is 6.05. The molecule has 1 aliphatic heterocycles. The minimum Gasteiger partial charge on any atom is -0.467 e. The molecule has 3 rings (SSSR count). The normalized spacial score (nSPS) is 16.6. The molecular formula is C18H21N5O4. The summed E-state index contributed by atoms with van der Waals surface area (Å²) >= 11 is 0. The summed E-state index contributed by atoms with van der Waals surface area (Å²) in [6, 6.07) is 10.4. The van der Waals surface area contributed by atoms with Gasteiger partial charge < -0.3 is 20.3 Å². The summed E-state index contributed by atoms with van der Waals surface area (Å²) in [6.45, 7) is 1.06. The number of amides is 2. The zero-order valence-electron chi connectivity index (χ0n) is 14.9. The number of carbonyl (C=O) groups is 3. The predicted molar refractivity (Wildman–Crippen MR) is 96.7 cm³/mol. The lowest BCUT2D eigenvalue weighted by atomic mass is 10.1. The monoisotopic (exact) mass is 371 g/mol. The molecule has 1 unspecified atom stereocenters. The Morgan fingerprint density at radius 2 is 2.07 bits per heavy atom. The van der Waals surface area contributed by atoms with Crippen molar-refractivity contribution < 1.29 is 19.1 Å². The van der Waals surface area contributed by atoms with E-state index in [4.69, 9.17) is 4.74 Å². The number of nitrogens with zero attached hydrogens (tertiary/aromatic N) is 2. The molecule has 9 nitrogen and oxygen atoms in total. The summed E-state index contributed by atoms with van der Waals surface area (Å²) in [5.41, 5.74) is 1.78. The van der Waals surface area contributed by atoms with Crippen molar-refractivity contribution in [2.45, 2.75) is 6.04 Å². The zero-order valence-corrected chi connectivity index (χ0v) is 14.9. The van der Waals surface area contributed by atoms with Crippen LogP contribution in [0.2, 0.25) is 0 Å². The Kier molecular flexibility index (Phi) is 5.82. The van der Waals surface area contributed by atoms with Crippen LogP contribution in [0.15, 0.2) is 36.4 Å². The highest BCUT2D eigenvalue weighted by Gasteiger charge is 2.32. The van der Waals surface area contributed by atoms with Crippen molar-refractivity contribution in [3.8, 4) is 11.3 Å². The molecule has 1 fully saturated rings. The number of hydrogen-bond acceptors (Lipinski definition) is 6. The van der Waals surface area contributed by atoms with Gasteiger partial charge >= 0.3 is 5.97 Å². The number of H-pyrrole nitrogens is 1. The van der Waals surface area contributed by atoms with E-state index in [2.05, 4.69) is 20.8 Å². The molecule has 142 valence electrons. The number of aromatic nitrogens is 2. The van der Waals surface area contributed by atoms with Crippen LogP contribution in [0.4, 0.5) is 0 Å². The molecule has 1 aromatic heterocycles. The molecule has 27 heavy (non-hydrogen) atoms. The van der Waals surface area contributed by atoms with Crippen LogP contribution in [0.1, 0.15) is 10.5 Å². The number of aromatic amines is 1. The molecule has 2 heterocycles. The number of piperazine rings is 1. The van der Waals surface area contributed by atoms with Crippen LogP contribution in [0.25, 0.3) is 11.3 Å². The van der Waals surface area contributed by atoms with Gasteiger partial charge in [0.15, 0.2) is 0 Å². The van der Waals surface area contributed by atoms with Crippen molar-refractivity contribution in [2.24, 2.45) is 0 Å². The van der Waals surface area contributed by atoms with E-state index in [1.807, 2.05) is 30.3 Å². The van der Waals surface area contributed by atoms with E-state index in [1.165, 1.54) is 12.0 Å². The van der Waals surface area contributed by atoms with Crippen molar-refractivity contribution in [3.05, 3.63) is 42.1 Å². The van der Waals surface area contributed by atoms with Crippen molar-refractivity contribution in [3.63, 3.8) is 0 Å². The first kappa shape index (κ1) is 18.6. The average Bonchev–Trinajstić information content (AvgIpc) is 3.22. The van der Waals surface area contributed by atoms with Crippen molar-refractivity contribution >= 4 is 17.8 Å². The summed E-state index contributed by atoms with van der Waals surface area (Å²) in [5, 5.41) is 12.4. The summed E-state index contributed by atoms with van der Waals surface area (Å²) in [4.78, 5) is 38.0. The lowest BCUT2D eigenvalue weighted by Crippen LogP contribution is -2.58. The molecular weight excluding hydrogens is 350 g/mol. The molecule has 1 aromatic carbocycles. The molecule has 2 aromatic rings. The third-order valence-electron chi connectivity index (χ3n) is 4.33. The van der Waals surface area contributed by atoms with Crippen LogP contribution in [0.5, 0.6) is 0 Å². The van der Waals surface area contributed by atoms with Crippen molar-refractivity contribution in [2.75, 3.05) is 33.3 Å². The largest absolute Gasteiger partial charge is 0.467 e. The molecule has 1 aliphatic rings. The molecule has 0 saturated carbocycles. The number of carbonyl (C=O) groups excluding carboxylic acids is 3. The Bertz CT molecular complexity index is 820. The lowest BCUT2D eigenvalue weighted by molar-refractivity contribution is -0.153. The number of esters is 1. The van der Waals surface area contributed by atoms with Crippen molar-refractivity contribution in [1.82, 2.24) is 25.7 Å². The highest BCUT2D eigenvalue weighted by molar-refractivity contribution is 5.96. The van der Waals surface area contributed by atoms with Crippen LogP contribution in [-0.2, 0) is 14.3 Å². The van der Waals surface area contributed by atoms with Gasteiger partial charge in [-0.05, 0) is 6.07 Å². The van der Waals surface area contributed by atoms with E-state index in [-0.39, 0.29) is 18.1 Å². The summed E-state index contributed by atoms with van der Waals surface area (Å²) < 4.78 is 4.74. The summed E-state index contributed by atoms with van der Waals surface area (Å²) in [6.07, 6.45) is 0.